The third kappa shape index (κ3) is 4.49. The van der Waals surface area contributed by atoms with Gasteiger partial charge in [0.2, 0.25) is 5.78 Å². The van der Waals surface area contributed by atoms with Crippen LogP contribution in [0.2, 0.25) is 0 Å². The third-order valence-corrected chi connectivity index (χ3v) is 3.61. The molecule has 1 aromatic rings. The highest BCUT2D eigenvalue weighted by atomic mass is 19.4. The molecule has 1 aromatic carbocycles. The molecule has 0 atom stereocenters. The smallest absolute Gasteiger partial charge is 0.449 e. The zero-order valence-electron chi connectivity index (χ0n) is 13.7. The number of hydrogen-bond acceptors (Lipinski definition) is 2. The van der Waals surface area contributed by atoms with E-state index in [2.05, 4.69) is 0 Å². The molecule has 124 valence electrons. The van der Waals surface area contributed by atoms with Crippen LogP contribution >= 0.6 is 0 Å². The van der Waals surface area contributed by atoms with Crippen molar-refractivity contribution in [1.29, 1.82) is 0 Å². The maximum absolute atomic E-state index is 12.3. The van der Waals surface area contributed by atoms with E-state index < -0.39 is 18.4 Å². The zero-order valence-corrected chi connectivity index (χ0v) is 13.7. The van der Waals surface area contributed by atoms with Gasteiger partial charge in [-0.15, -0.1) is 0 Å². The second kappa shape index (κ2) is 7.16. The van der Waals surface area contributed by atoms with Crippen LogP contribution in [-0.2, 0) is 11.2 Å². The van der Waals surface area contributed by atoms with Crippen molar-refractivity contribution in [3.05, 3.63) is 28.8 Å². The van der Waals surface area contributed by atoms with E-state index in [1.54, 1.807) is 7.11 Å². The van der Waals surface area contributed by atoms with Crippen LogP contribution in [0.1, 0.15) is 62.6 Å². The Morgan fingerprint density at radius 1 is 1.09 bits per heavy atom. The highest BCUT2D eigenvalue weighted by molar-refractivity contribution is 5.84. The Hall–Kier alpha value is -1.52. The number of alkyl halides is 3. The number of rotatable bonds is 6. The minimum absolute atomic E-state index is 0.0851. The van der Waals surface area contributed by atoms with Gasteiger partial charge >= 0.3 is 6.18 Å². The van der Waals surface area contributed by atoms with E-state index in [-0.39, 0.29) is 18.3 Å². The van der Waals surface area contributed by atoms with Gasteiger partial charge in [0.1, 0.15) is 5.75 Å². The first-order valence-electron chi connectivity index (χ1n) is 7.38. The average Bonchev–Trinajstić information content (AvgIpc) is 2.42. The molecule has 0 amide bonds. The quantitative estimate of drug-likeness (QED) is 0.737. The summed E-state index contributed by atoms with van der Waals surface area (Å²) in [6.45, 7) is 8.03. The number of ether oxygens (including phenoxy) is 1. The number of Topliss-reactive ketones (excluding diaryl/α,β-unsaturated/α-hetero) is 1. The summed E-state index contributed by atoms with van der Waals surface area (Å²) >= 11 is 0. The maximum Gasteiger partial charge on any atom is 0.449 e. The molecule has 0 saturated heterocycles. The van der Waals surface area contributed by atoms with Crippen LogP contribution in [0.5, 0.6) is 5.75 Å². The van der Waals surface area contributed by atoms with Gasteiger partial charge in [-0.2, -0.15) is 13.2 Å². The maximum atomic E-state index is 12.3. The number of ketones is 1. The summed E-state index contributed by atoms with van der Waals surface area (Å²) < 4.78 is 42.4. The van der Waals surface area contributed by atoms with Gasteiger partial charge in [0.15, 0.2) is 0 Å². The molecule has 0 unspecified atom stereocenters. The highest BCUT2D eigenvalue weighted by Crippen LogP contribution is 2.36. The van der Waals surface area contributed by atoms with Crippen molar-refractivity contribution in [2.24, 2.45) is 0 Å². The van der Waals surface area contributed by atoms with E-state index >= 15 is 0 Å². The molecular weight excluding hydrogens is 293 g/mol. The Morgan fingerprint density at radius 3 is 1.86 bits per heavy atom. The number of aryl methyl sites for hydroxylation is 1. The van der Waals surface area contributed by atoms with Gasteiger partial charge in [-0.3, -0.25) is 4.79 Å². The van der Waals surface area contributed by atoms with Crippen LogP contribution in [0.4, 0.5) is 13.2 Å². The van der Waals surface area contributed by atoms with Crippen molar-refractivity contribution < 1.29 is 22.7 Å². The minimum Gasteiger partial charge on any atom is -0.496 e. The van der Waals surface area contributed by atoms with Gasteiger partial charge in [-0.05, 0) is 34.9 Å². The molecule has 2 nitrogen and oxygen atoms in total. The molecule has 0 saturated carbocycles. The van der Waals surface area contributed by atoms with E-state index in [0.29, 0.717) is 0 Å². The summed E-state index contributed by atoms with van der Waals surface area (Å²) in [5.74, 6) is -0.521. The van der Waals surface area contributed by atoms with Crippen molar-refractivity contribution in [3.8, 4) is 5.75 Å². The number of hydrogen-bond donors (Lipinski definition) is 0. The predicted molar refractivity (Wildman–Crippen MR) is 80.6 cm³/mol. The molecule has 0 fully saturated rings. The van der Waals surface area contributed by atoms with Crippen LogP contribution in [0.3, 0.4) is 0 Å². The molecule has 0 aliphatic carbocycles. The summed E-state index contributed by atoms with van der Waals surface area (Å²) in [5.41, 5.74) is 2.66. The van der Waals surface area contributed by atoms with Crippen LogP contribution in [-0.4, -0.2) is 19.1 Å². The highest BCUT2D eigenvalue weighted by Gasteiger charge is 2.37. The Bertz CT molecular complexity index is 502. The number of methoxy groups -OCH3 is 1. The summed E-state index contributed by atoms with van der Waals surface area (Å²) in [6, 6.07) is 3.69. The Labute approximate surface area is 129 Å². The molecule has 0 aliphatic heterocycles. The molecule has 22 heavy (non-hydrogen) atoms. The summed E-state index contributed by atoms with van der Waals surface area (Å²) in [5, 5.41) is 0. The van der Waals surface area contributed by atoms with Crippen molar-refractivity contribution in [2.45, 2.75) is 58.5 Å². The number of carbonyl (C=O) groups is 1. The van der Waals surface area contributed by atoms with Crippen LogP contribution in [0.25, 0.3) is 0 Å². The monoisotopic (exact) mass is 316 g/mol. The molecular formula is C17H23F3O2. The molecule has 0 spiro atoms. The Morgan fingerprint density at radius 2 is 1.55 bits per heavy atom. The lowest BCUT2D eigenvalue weighted by Crippen LogP contribution is -2.22. The summed E-state index contributed by atoms with van der Waals surface area (Å²) in [6.07, 6.45) is -5.19. The van der Waals surface area contributed by atoms with Gasteiger partial charge in [-0.1, -0.05) is 39.8 Å². The van der Waals surface area contributed by atoms with Crippen molar-refractivity contribution >= 4 is 5.78 Å². The lowest BCUT2D eigenvalue weighted by molar-refractivity contribution is -0.171. The van der Waals surface area contributed by atoms with Gasteiger partial charge in [0.25, 0.3) is 0 Å². The predicted octanol–water partition coefficient (Wildman–Crippen LogP) is 5.01. The van der Waals surface area contributed by atoms with Crippen molar-refractivity contribution in [3.63, 3.8) is 0 Å². The summed E-state index contributed by atoms with van der Waals surface area (Å²) in [7, 11) is 1.60. The van der Waals surface area contributed by atoms with Gasteiger partial charge in [-0.25, -0.2) is 0 Å². The molecule has 0 aromatic heterocycles. The fourth-order valence-corrected chi connectivity index (χ4v) is 2.38. The first-order chi connectivity index (χ1) is 10.1. The van der Waals surface area contributed by atoms with E-state index in [9.17, 15) is 18.0 Å². The molecule has 0 heterocycles. The second-order valence-corrected chi connectivity index (χ2v) is 6.04. The SMILES string of the molecule is COc1c(C(C)C)cc(CCC(=O)C(F)(F)F)cc1C(C)C. The number of halogens is 3. The normalized spacial score (nSPS) is 12.1. The minimum atomic E-state index is -4.76. The molecule has 0 bridgehead atoms. The van der Waals surface area contributed by atoms with Gasteiger partial charge in [0.05, 0.1) is 7.11 Å². The number of benzene rings is 1. The van der Waals surface area contributed by atoms with Crippen LogP contribution < -0.4 is 4.74 Å². The van der Waals surface area contributed by atoms with Crippen LogP contribution in [0.15, 0.2) is 12.1 Å². The zero-order chi connectivity index (χ0) is 17.1. The fraction of sp³-hybridized carbons (Fsp3) is 0.588. The molecule has 0 N–H and O–H groups in total. The molecule has 1 rings (SSSR count). The topological polar surface area (TPSA) is 26.3 Å². The van der Waals surface area contributed by atoms with Crippen molar-refractivity contribution in [2.75, 3.05) is 7.11 Å². The van der Waals surface area contributed by atoms with E-state index in [1.165, 1.54) is 0 Å². The van der Waals surface area contributed by atoms with Crippen LogP contribution in [0, 0.1) is 0 Å². The number of carbonyl (C=O) groups excluding carboxylic acids is 1. The van der Waals surface area contributed by atoms with E-state index in [4.69, 9.17) is 4.74 Å². The molecule has 0 radical (unpaired) electrons. The Kier molecular flexibility index (Phi) is 6.03. The standard InChI is InChI=1S/C17H23F3O2/c1-10(2)13-8-12(6-7-15(21)17(18,19)20)9-14(11(3)4)16(13)22-5/h8-11H,6-7H2,1-5H3. The first kappa shape index (κ1) is 18.5. The van der Waals surface area contributed by atoms with Gasteiger partial charge in [0, 0.05) is 6.42 Å². The third-order valence-electron chi connectivity index (χ3n) is 3.61. The lowest BCUT2D eigenvalue weighted by atomic mass is 9.90. The molecule has 5 heteroatoms. The first-order valence-corrected chi connectivity index (χ1v) is 7.38. The largest absolute Gasteiger partial charge is 0.496 e. The Balaban J connectivity index is 3.14. The van der Waals surface area contributed by atoms with E-state index in [1.807, 2.05) is 39.8 Å². The van der Waals surface area contributed by atoms with E-state index in [0.717, 1.165) is 22.4 Å². The summed E-state index contributed by atoms with van der Waals surface area (Å²) in [4.78, 5) is 11.0. The average molecular weight is 316 g/mol. The lowest BCUT2D eigenvalue weighted by Gasteiger charge is -2.20. The second-order valence-electron chi connectivity index (χ2n) is 6.04. The van der Waals surface area contributed by atoms with Crippen molar-refractivity contribution in [1.82, 2.24) is 0 Å². The molecule has 0 aliphatic rings. The fourth-order valence-electron chi connectivity index (χ4n) is 2.38. The van der Waals surface area contributed by atoms with Gasteiger partial charge < -0.3 is 4.74 Å².